The van der Waals surface area contributed by atoms with Gasteiger partial charge in [-0.3, -0.25) is 4.79 Å². The van der Waals surface area contributed by atoms with E-state index in [0.29, 0.717) is 12.0 Å². The summed E-state index contributed by atoms with van der Waals surface area (Å²) in [5.41, 5.74) is 4.23. The summed E-state index contributed by atoms with van der Waals surface area (Å²) < 4.78 is 5.43. The number of carbonyl (C=O) groups is 1. The van der Waals surface area contributed by atoms with Crippen LogP contribution in [0.4, 0.5) is 5.69 Å². The molecule has 1 heterocycles. The van der Waals surface area contributed by atoms with E-state index in [4.69, 9.17) is 4.52 Å². The molecule has 1 N–H and O–H groups in total. The first-order valence-corrected chi connectivity index (χ1v) is 8.94. The number of anilines is 1. The highest BCUT2D eigenvalue weighted by molar-refractivity contribution is 6.04. The van der Waals surface area contributed by atoms with Crippen LogP contribution in [-0.4, -0.2) is 11.1 Å². The Morgan fingerprint density at radius 3 is 2.52 bits per heavy atom. The first-order valence-electron chi connectivity index (χ1n) is 8.94. The number of nitrogens with zero attached hydrogens (tertiary/aromatic N) is 1. The van der Waals surface area contributed by atoms with E-state index in [1.807, 2.05) is 48.5 Å². The van der Waals surface area contributed by atoms with Crippen molar-refractivity contribution in [2.45, 2.75) is 32.6 Å². The van der Waals surface area contributed by atoms with E-state index in [0.717, 1.165) is 28.3 Å². The van der Waals surface area contributed by atoms with Gasteiger partial charge in [0.2, 0.25) is 0 Å². The van der Waals surface area contributed by atoms with Crippen molar-refractivity contribution in [3.63, 3.8) is 0 Å². The fraction of sp³-hybridized carbons (Fsp3) is 0.217. The highest BCUT2D eigenvalue weighted by Gasteiger charge is 2.19. The summed E-state index contributed by atoms with van der Waals surface area (Å²) in [4.78, 5) is 12.4. The number of hydrogen-bond donors (Lipinski definition) is 1. The Bertz CT molecular complexity index is 947. The standard InChI is InChI=1S/C23H24N2O2/c1-5-16-7-6-8-18(13-16)22(26)24-19-11-9-17(10-12-19)14-20-15-21(27-25-20)23(2,3)4/h5-13,15H,1,14H2,2-4H3,(H,24,26). The number of benzene rings is 2. The Labute approximate surface area is 159 Å². The summed E-state index contributed by atoms with van der Waals surface area (Å²) in [6.45, 7) is 10.0. The van der Waals surface area contributed by atoms with E-state index in [1.165, 1.54) is 0 Å². The molecule has 3 rings (SSSR count). The maximum atomic E-state index is 12.4. The van der Waals surface area contributed by atoms with Gasteiger partial charge in [0, 0.05) is 29.2 Å². The second-order valence-corrected chi connectivity index (χ2v) is 7.59. The molecule has 0 radical (unpaired) electrons. The molecule has 0 aliphatic heterocycles. The zero-order valence-electron chi connectivity index (χ0n) is 16.0. The maximum absolute atomic E-state index is 12.4. The van der Waals surface area contributed by atoms with Crippen molar-refractivity contribution in [3.05, 3.63) is 89.3 Å². The normalized spacial score (nSPS) is 11.2. The van der Waals surface area contributed by atoms with Crippen molar-refractivity contribution in [1.82, 2.24) is 5.16 Å². The average Bonchev–Trinajstić information content (AvgIpc) is 3.12. The molecule has 0 aliphatic rings. The Morgan fingerprint density at radius 2 is 1.89 bits per heavy atom. The van der Waals surface area contributed by atoms with Gasteiger partial charge in [0.25, 0.3) is 5.91 Å². The first-order chi connectivity index (χ1) is 12.8. The summed E-state index contributed by atoms with van der Waals surface area (Å²) >= 11 is 0. The summed E-state index contributed by atoms with van der Waals surface area (Å²) in [6.07, 6.45) is 2.41. The molecule has 1 aromatic heterocycles. The molecule has 0 fully saturated rings. The summed E-state index contributed by atoms with van der Waals surface area (Å²) in [5.74, 6) is 0.737. The van der Waals surface area contributed by atoms with Crippen molar-refractivity contribution in [3.8, 4) is 0 Å². The Kier molecular flexibility index (Phi) is 5.26. The quantitative estimate of drug-likeness (QED) is 0.657. The first kappa shape index (κ1) is 18.6. The molecule has 2 aromatic carbocycles. The molecule has 3 aromatic rings. The van der Waals surface area contributed by atoms with E-state index < -0.39 is 0 Å². The van der Waals surface area contributed by atoms with E-state index >= 15 is 0 Å². The molecule has 0 spiro atoms. The van der Waals surface area contributed by atoms with Gasteiger partial charge in [-0.05, 0) is 35.4 Å². The lowest BCUT2D eigenvalue weighted by Gasteiger charge is -2.12. The lowest BCUT2D eigenvalue weighted by molar-refractivity contribution is 0.102. The molecule has 0 saturated heterocycles. The smallest absolute Gasteiger partial charge is 0.255 e. The zero-order valence-corrected chi connectivity index (χ0v) is 16.0. The summed E-state index contributed by atoms with van der Waals surface area (Å²) in [6, 6.07) is 17.1. The van der Waals surface area contributed by atoms with Crippen molar-refractivity contribution < 1.29 is 9.32 Å². The van der Waals surface area contributed by atoms with Gasteiger partial charge in [-0.2, -0.15) is 0 Å². The molecule has 138 valence electrons. The van der Waals surface area contributed by atoms with E-state index in [9.17, 15) is 4.79 Å². The van der Waals surface area contributed by atoms with E-state index in [1.54, 1.807) is 12.1 Å². The number of carbonyl (C=O) groups excluding carboxylic acids is 1. The number of amides is 1. The lowest BCUT2D eigenvalue weighted by Crippen LogP contribution is -2.11. The number of aromatic nitrogens is 1. The maximum Gasteiger partial charge on any atom is 0.255 e. The molecular formula is C23H24N2O2. The predicted molar refractivity (Wildman–Crippen MR) is 109 cm³/mol. The average molecular weight is 360 g/mol. The van der Waals surface area contributed by atoms with Crippen LogP contribution in [-0.2, 0) is 11.8 Å². The third-order valence-electron chi connectivity index (χ3n) is 4.28. The van der Waals surface area contributed by atoms with E-state index in [-0.39, 0.29) is 11.3 Å². The second kappa shape index (κ2) is 7.62. The third kappa shape index (κ3) is 4.73. The monoisotopic (exact) mass is 360 g/mol. The fourth-order valence-corrected chi connectivity index (χ4v) is 2.67. The van der Waals surface area contributed by atoms with Crippen LogP contribution >= 0.6 is 0 Å². The van der Waals surface area contributed by atoms with Crippen molar-refractivity contribution in [2.24, 2.45) is 0 Å². The predicted octanol–water partition coefficient (Wildman–Crippen LogP) is 5.46. The minimum absolute atomic E-state index is 0.0533. The van der Waals surface area contributed by atoms with Gasteiger partial charge in [-0.25, -0.2) is 0 Å². The van der Waals surface area contributed by atoms with Crippen LogP contribution in [0.1, 0.15) is 53.7 Å². The molecule has 0 atom stereocenters. The van der Waals surface area contributed by atoms with Gasteiger partial charge < -0.3 is 9.84 Å². The fourth-order valence-electron chi connectivity index (χ4n) is 2.67. The highest BCUT2D eigenvalue weighted by Crippen LogP contribution is 2.24. The molecular weight excluding hydrogens is 336 g/mol. The van der Waals surface area contributed by atoms with Crippen LogP contribution in [0.3, 0.4) is 0 Å². The zero-order chi connectivity index (χ0) is 19.4. The summed E-state index contributed by atoms with van der Waals surface area (Å²) in [5, 5.41) is 7.07. The molecule has 27 heavy (non-hydrogen) atoms. The highest BCUT2D eigenvalue weighted by atomic mass is 16.5. The molecule has 0 aliphatic carbocycles. The van der Waals surface area contributed by atoms with Crippen LogP contribution in [0.2, 0.25) is 0 Å². The molecule has 4 heteroatoms. The van der Waals surface area contributed by atoms with Gasteiger partial charge >= 0.3 is 0 Å². The van der Waals surface area contributed by atoms with E-state index in [2.05, 4.69) is 37.8 Å². The molecule has 0 unspecified atom stereocenters. The topological polar surface area (TPSA) is 55.1 Å². The Morgan fingerprint density at radius 1 is 1.15 bits per heavy atom. The lowest BCUT2D eigenvalue weighted by atomic mass is 9.93. The second-order valence-electron chi connectivity index (χ2n) is 7.59. The third-order valence-corrected chi connectivity index (χ3v) is 4.28. The van der Waals surface area contributed by atoms with Gasteiger partial charge in [-0.1, -0.05) is 62.8 Å². The van der Waals surface area contributed by atoms with Crippen LogP contribution in [0, 0.1) is 0 Å². The molecule has 1 amide bonds. The number of nitrogens with one attached hydrogen (secondary N) is 1. The van der Waals surface area contributed by atoms with Crippen LogP contribution in [0.25, 0.3) is 6.08 Å². The van der Waals surface area contributed by atoms with Gasteiger partial charge in [-0.15, -0.1) is 0 Å². The van der Waals surface area contributed by atoms with Crippen LogP contribution < -0.4 is 5.32 Å². The minimum Gasteiger partial charge on any atom is -0.361 e. The van der Waals surface area contributed by atoms with Crippen LogP contribution in [0.15, 0.2) is 65.7 Å². The van der Waals surface area contributed by atoms with Gasteiger partial charge in [0.1, 0.15) is 5.76 Å². The molecule has 4 nitrogen and oxygen atoms in total. The van der Waals surface area contributed by atoms with Gasteiger partial charge in [0.05, 0.1) is 5.69 Å². The van der Waals surface area contributed by atoms with Crippen molar-refractivity contribution >= 4 is 17.7 Å². The van der Waals surface area contributed by atoms with Crippen molar-refractivity contribution in [1.29, 1.82) is 0 Å². The number of hydrogen-bond acceptors (Lipinski definition) is 3. The largest absolute Gasteiger partial charge is 0.361 e. The Hall–Kier alpha value is -3.14. The van der Waals surface area contributed by atoms with Crippen molar-refractivity contribution in [2.75, 3.05) is 5.32 Å². The minimum atomic E-state index is -0.141. The van der Waals surface area contributed by atoms with Crippen LogP contribution in [0.5, 0.6) is 0 Å². The van der Waals surface area contributed by atoms with Gasteiger partial charge in [0.15, 0.2) is 0 Å². The Balaban J connectivity index is 1.65. The molecule has 0 saturated carbocycles. The SMILES string of the molecule is C=Cc1cccc(C(=O)Nc2ccc(Cc3cc(C(C)(C)C)on3)cc2)c1. The number of rotatable bonds is 5. The molecule has 0 bridgehead atoms. The summed E-state index contributed by atoms with van der Waals surface area (Å²) in [7, 11) is 0.